The van der Waals surface area contributed by atoms with E-state index < -0.39 is 0 Å². The number of hydrogen-bond acceptors (Lipinski definition) is 4. The summed E-state index contributed by atoms with van der Waals surface area (Å²) in [6.45, 7) is 0.428. The maximum absolute atomic E-state index is 14.0. The van der Waals surface area contributed by atoms with E-state index >= 15 is 0 Å². The van der Waals surface area contributed by atoms with Gasteiger partial charge >= 0.3 is 0 Å². The van der Waals surface area contributed by atoms with Crippen molar-refractivity contribution < 1.29 is 14.2 Å². The number of thioether (sulfide) groups is 1. The molecule has 1 heterocycles. The van der Waals surface area contributed by atoms with Crippen LogP contribution in [-0.4, -0.2) is 21.8 Å². The highest BCUT2D eigenvalue weighted by Gasteiger charge is 2.13. The molecule has 0 aliphatic carbocycles. The van der Waals surface area contributed by atoms with E-state index in [0.717, 1.165) is 11.3 Å². The van der Waals surface area contributed by atoms with E-state index in [9.17, 15) is 9.50 Å². The molecule has 3 rings (SSSR count). The molecule has 0 radical (unpaired) electrons. The average Bonchev–Trinajstić information content (AvgIpc) is 3.03. The normalized spacial score (nSPS) is 10.9. The van der Waals surface area contributed by atoms with Crippen LogP contribution in [0.15, 0.2) is 53.8 Å². The molecule has 0 spiro atoms. The molecule has 0 saturated carbocycles. The lowest BCUT2D eigenvalue weighted by Gasteiger charge is -2.12. The number of ether oxygens (including phenoxy) is 1. The molecule has 0 aliphatic rings. The number of nitrogens with zero attached hydrogens (tertiary/aromatic N) is 2. The highest BCUT2D eigenvalue weighted by molar-refractivity contribution is 7.98. The van der Waals surface area contributed by atoms with E-state index in [1.54, 1.807) is 25.4 Å². The first kappa shape index (κ1) is 18.8. The Kier molecular flexibility index (Phi) is 6.19. The fourth-order valence-corrected chi connectivity index (χ4v) is 3.86. The van der Waals surface area contributed by atoms with Gasteiger partial charge in [0.2, 0.25) is 0 Å². The standard InChI is InChI=1S/C19H18ClFN2O2S/c1-25-15-7-5-13(6-8-15)10-23-14(11-24)9-22-19(23)26-12-16-17(20)3-2-4-18(16)21/h2-9,24H,10-12H2,1H3. The van der Waals surface area contributed by atoms with E-state index in [1.807, 2.05) is 28.8 Å². The van der Waals surface area contributed by atoms with Crippen molar-refractivity contribution >= 4 is 23.4 Å². The summed E-state index contributed by atoms with van der Waals surface area (Å²) in [7, 11) is 1.62. The Hall–Kier alpha value is -2.02. The van der Waals surface area contributed by atoms with Gasteiger partial charge in [-0.1, -0.05) is 41.6 Å². The third-order valence-electron chi connectivity index (χ3n) is 3.97. The van der Waals surface area contributed by atoms with Gasteiger partial charge in [0.05, 0.1) is 25.6 Å². The van der Waals surface area contributed by atoms with Crippen LogP contribution in [0, 0.1) is 5.82 Å². The minimum atomic E-state index is -0.333. The molecule has 3 aromatic rings. The summed E-state index contributed by atoms with van der Waals surface area (Å²) in [4.78, 5) is 4.37. The van der Waals surface area contributed by atoms with Crippen LogP contribution in [0.5, 0.6) is 5.75 Å². The van der Waals surface area contributed by atoms with Crippen molar-refractivity contribution in [3.8, 4) is 5.75 Å². The summed E-state index contributed by atoms with van der Waals surface area (Å²) < 4.78 is 21.1. The van der Waals surface area contributed by atoms with Gasteiger partial charge in [-0.25, -0.2) is 9.37 Å². The minimum absolute atomic E-state index is 0.121. The zero-order valence-electron chi connectivity index (χ0n) is 14.2. The van der Waals surface area contributed by atoms with E-state index in [1.165, 1.54) is 17.8 Å². The second kappa shape index (κ2) is 8.58. The molecule has 1 N–H and O–H groups in total. The molecule has 136 valence electrons. The quantitative estimate of drug-likeness (QED) is 0.600. The molecule has 0 atom stereocenters. The van der Waals surface area contributed by atoms with E-state index in [0.29, 0.717) is 33.7 Å². The molecule has 4 nitrogen and oxygen atoms in total. The van der Waals surface area contributed by atoms with E-state index in [2.05, 4.69) is 4.98 Å². The van der Waals surface area contributed by atoms with Crippen molar-refractivity contribution in [3.05, 3.63) is 76.3 Å². The first-order valence-electron chi connectivity index (χ1n) is 7.96. The molecule has 26 heavy (non-hydrogen) atoms. The van der Waals surface area contributed by atoms with Crippen molar-refractivity contribution in [2.45, 2.75) is 24.1 Å². The lowest BCUT2D eigenvalue weighted by Crippen LogP contribution is -2.06. The van der Waals surface area contributed by atoms with Crippen LogP contribution < -0.4 is 4.74 Å². The Labute approximate surface area is 160 Å². The third-order valence-corrected chi connectivity index (χ3v) is 5.34. The molecule has 0 unspecified atom stereocenters. The molecule has 2 aromatic carbocycles. The Morgan fingerprint density at radius 3 is 2.65 bits per heavy atom. The molecule has 7 heteroatoms. The van der Waals surface area contributed by atoms with Crippen molar-refractivity contribution in [1.82, 2.24) is 9.55 Å². The van der Waals surface area contributed by atoms with Crippen LogP contribution in [0.4, 0.5) is 4.39 Å². The van der Waals surface area contributed by atoms with Gasteiger partial charge in [0.1, 0.15) is 11.6 Å². The second-order valence-electron chi connectivity index (χ2n) is 5.61. The van der Waals surface area contributed by atoms with E-state index in [-0.39, 0.29) is 12.4 Å². The van der Waals surface area contributed by atoms with Crippen molar-refractivity contribution in [2.75, 3.05) is 7.11 Å². The first-order chi connectivity index (χ1) is 12.6. The van der Waals surface area contributed by atoms with Gasteiger partial charge < -0.3 is 14.4 Å². The number of hydrogen-bond donors (Lipinski definition) is 1. The van der Waals surface area contributed by atoms with Gasteiger partial charge in [0, 0.05) is 22.9 Å². The molecule has 1 aromatic heterocycles. The van der Waals surface area contributed by atoms with Crippen LogP contribution in [0.3, 0.4) is 0 Å². The first-order valence-corrected chi connectivity index (χ1v) is 9.32. The highest BCUT2D eigenvalue weighted by Crippen LogP contribution is 2.29. The number of aliphatic hydroxyl groups excluding tert-OH is 1. The summed E-state index contributed by atoms with van der Waals surface area (Å²) in [6, 6.07) is 12.3. The molecular weight excluding hydrogens is 375 g/mol. The fourth-order valence-electron chi connectivity index (χ4n) is 2.52. The Bertz CT molecular complexity index is 863. The Balaban J connectivity index is 1.80. The SMILES string of the molecule is COc1ccc(Cn2c(CO)cnc2SCc2c(F)cccc2Cl)cc1. The molecule has 0 saturated heterocycles. The maximum Gasteiger partial charge on any atom is 0.168 e. The number of benzene rings is 2. The van der Waals surface area contributed by atoms with Crippen LogP contribution in [0.2, 0.25) is 5.02 Å². The molecule has 0 amide bonds. The zero-order chi connectivity index (χ0) is 18.5. The summed E-state index contributed by atoms with van der Waals surface area (Å²) >= 11 is 7.48. The van der Waals surface area contributed by atoms with E-state index in [4.69, 9.17) is 16.3 Å². The van der Waals surface area contributed by atoms with Crippen molar-refractivity contribution in [1.29, 1.82) is 0 Å². The van der Waals surface area contributed by atoms with Crippen molar-refractivity contribution in [3.63, 3.8) is 0 Å². The predicted octanol–water partition coefficient (Wildman–Crippen LogP) is 4.52. The monoisotopic (exact) mass is 392 g/mol. The molecular formula is C19H18ClFN2O2S. The van der Waals surface area contributed by atoms with Gasteiger partial charge in [-0.05, 0) is 29.8 Å². The summed E-state index contributed by atoms with van der Waals surface area (Å²) in [5.41, 5.74) is 2.19. The summed E-state index contributed by atoms with van der Waals surface area (Å²) in [6.07, 6.45) is 1.63. The zero-order valence-corrected chi connectivity index (χ0v) is 15.7. The van der Waals surface area contributed by atoms with Crippen LogP contribution in [0.1, 0.15) is 16.8 Å². The maximum atomic E-state index is 14.0. The predicted molar refractivity (Wildman–Crippen MR) is 101 cm³/mol. The Morgan fingerprint density at radius 2 is 2.00 bits per heavy atom. The highest BCUT2D eigenvalue weighted by atomic mass is 35.5. The van der Waals surface area contributed by atoms with Gasteiger partial charge in [-0.2, -0.15) is 0 Å². The van der Waals surface area contributed by atoms with Gasteiger partial charge in [-0.15, -0.1) is 0 Å². The number of imidazole rings is 1. The minimum Gasteiger partial charge on any atom is -0.497 e. The lowest BCUT2D eigenvalue weighted by atomic mass is 10.2. The van der Waals surface area contributed by atoms with Crippen LogP contribution >= 0.6 is 23.4 Å². The molecule has 0 bridgehead atoms. The summed E-state index contributed by atoms with van der Waals surface area (Å²) in [5.74, 6) is 0.807. The van der Waals surface area contributed by atoms with Gasteiger partial charge in [0.25, 0.3) is 0 Å². The lowest BCUT2D eigenvalue weighted by molar-refractivity contribution is 0.270. The fraction of sp³-hybridized carbons (Fsp3) is 0.211. The third kappa shape index (κ3) is 4.20. The average molecular weight is 393 g/mol. The largest absolute Gasteiger partial charge is 0.497 e. The van der Waals surface area contributed by atoms with Crippen LogP contribution in [0.25, 0.3) is 0 Å². The number of aliphatic hydroxyl groups is 1. The summed E-state index contributed by atoms with van der Waals surface area (Å²) in [5, 5.41) is 10.7. The number of halogens is 2. The topological polar surface area (TPSA) is 47.3 Å². The van der Waals surface area contributed by atoms with Gasteiger partial charge in [-0.3, -0.25) is 0 Å². The smallest absolute Gasteiger partial charge is 0.168 e. The number of methoxy groups -OCH3 is 1. The Morgan fingerprint density at radius 1 is 1.23 bits per heavy atom. The van der Waals surface area contributed by atoms with Crippen LogP contribution in [-0.2, 0) is 18.9 Å². The van der Waals surface area contributed by atoms with Gasteiger partial charge in [0.15, 0.2) is 5.16 Å². The number of rotatable bonds is 7. The molecule has 0 fully saturated rings. The van der Waals surface area contributed by atoms with Crippen molar-refractivity contribution in [2.24, 2.45) is 0 Å². The number of aromatic nitrogens is 2. The second-order valence-corrected chi connectivity index (χ2v) is 6.96. The molecule has 0 aliphatic heterocycles.